The predicted octanol–water partition coefficient (Wildman–Crippen LogP) is 3.00. The van der Waals surface area contributed by atoms with Crippen molar-refractivity contribution in [2.75, 3.05) is 11.1 Å². The van der Waals surface area contributed by atoms with Crippen molar-refractivity contribution in [2.45, 2.75) is 13.3 Å². The third-order valence-corrected chi connectivity index (χ3v) is 3.22. The van der Waals surface area contributed by atoms with E-state index in [-0.39, 0.29) is 11.7 Å². The highest BCUT2D eigenvalue weighted by atomic mass is 19.1. The number of amides is 1. The van der Waals surface area contributed by atoms with Crippen molar-refractivity contribution in [1.29, 1.82) is 0 Å². The third kappa shape index (κ3) is 2.18. The zero-order chi connectivity index (χ0) is 14.3. The molecule has 0 saturated carbocycles. The van der Waals surface area contributed by atoms with Crippen LogP contribution in [0, 0.1) is 12.7 Å². The van der Waals surface area contributed by atoms with E-state index in [9.17, 15) is 9.18 Å². The van der Waals surface area contributed by atoms with E-state index in [1.165, 1.54) is 12.1 Å². The summed E-state index contributed by atoms with van der Waals surface area (Å²) in [6.45, 7) is 1.66. The van der Waals surface area contributed by atoms with Crippen LogP contribution in [-0.2, 0) is 11.2 Å². The Bertz CT molecular complexity index is 713. The van der Waals surface area contributed by atoms with Gasteiger partial charge in [0.1, 0.15) is 11.6 Å². The number of halogens is 1. The molecule has 0 saturated heterocycles. The van der Waals surface area contributed by atoms with Crippen molar-refractivity contribution in [1.82, 2.24) is 0 Å². The quantitative estimate of drug-likeness (QED) is 0.826. The topological polar surface area (TPSA) is 64.3 Å². The largest absolute Gasteiger partial charge is 0.455 e. The lowest BCUT2D eigenvalue weighted by Crippen LogP contribution is -2.03. The molecule has 3 N–H and O–H groups in total. The molecule has 20 heavy (non-hydrogen) atoms. The molecular formula is C15H13FN2O2. The van der Waals surface area contributed by atoms with E-state index >= 15 is 0 Å². The second-order valence-electron chi connectivity index (χ2n) is 4.79. The highest BCUT2D eigenvalue weighted by Gasteiger charge is 2.20. The first-order valence-electron chi connectivity index (χ1n) is 6.19. The monoisotopic (exact) mass is 272 g/mol. The van der Waals surface area contributed by atoms with Crippen LogP contribution in [0.3, 0.4) is 0 Å². The Morgan fingerprint density at radius 3 is 2.85 bits per heavy atom. The minimum absolute atomic E-state index is 0.0609. The number of aryl methyl sites for hydroxylation is 1. The first kappa shape index (κ1) is 12.5. The van der Waals surface area contributed by atoms with Gasteiger partial charge in [0.25, 0.3) is 0 Å². The average Bonchev–Trinajstić information content (AvgIpc) is 2.73. The zero-order valence-electron chi connectivity index (χ0n) is 10.9. The first-order valence-corrected chi connectivity index (χ1v) is 6.19. The van der Waals surface area contributed by atoms with Crippen molar-refractivity contribution < 1.29 is 13.9 Å². The number of benzene rings is 2. The number of hydrogen-bond acceptors (Lipinski definition) is 3. The summed E-state index contributed by atoms with van der Waals surface area (Å²) >= 11 is 0. The number of fused-ring (bicyclic) bond motifs is 1. The summed E-state index contributed by atoms with van der Waals surface area (Å²) in [6, 6.07) is 7.89. The van der Waals surface area contributed by atoms with E-state index in [1.54, 1.807) is 25.1 Å². The van der Waals surface area contributed by atoms with Crippen molar-refractivity contribution >= 4 is 17.3 Å². The molecule has 1 aliphatic rings. The van der Waals surface area contributed by atoms with Crippen molar-refractivity contribution in [3.05, 3.63) is 47.3 Å². The normalized spacial score (nSPS) is 13.0. The van der Waals surface area contributed by atoms with E-state index < -0.39 is 0 Å². The molecule has 102 valence electrons. The van der Waals surface area contributed by atoms with Gasteiger partial charge in [-0.25, -0.2) is 4.39 Å². The number of nitrogens with one attached hydrogen (secondary N) is 1. The number of nitrogen functional groups attached to an aromatic ring is 1. The fraction of sp³-hybridized carbons (Fsp3) is 0.133. The molecule has 0 atom stereocenters. The maximum Gasteiger partial charge on any atom is 0.228 e. The maximum absolute atomic E-state index is 13.2. The van der Waals surface area contributed by atoms with E-state index in [0.717, 1.165) is 5.56 Å². The van der Waals surface area contributed by atoms with Crippen LogP contribution >= 0.6 is 0 Å². The van der Waals surface area contributed by atoms with Crippen molar-refractivity contribution in [3.63, 3.8) is 0 Å². The van der Waals surface area contributed by atoms with Crippen LogP contribution in [0.5, 0.6) is 11.5 Å². The lowest BCUT2D eigenvalue weighted by atomic mass is 10.1. The van der Waals surface area contributed by atoms with E-state index in [0.29, 0.717) is 34.9 Å². The summed E-state index contributed by atoms with van der Waals surface area (Å²) in [5.74, 6) is 0.595. The van der Waals surface area contributed by atoms with Crippen molar-refractivity contribution in [3.8, 4) is 11.5 Å². The smallest absolute Gasteiger partial charge is 0.228 e. The molecule has 1 aliphatic heterocycles. The van der Waals surface area contributed by atoms with E-state index in [4.69, 9.17) is 10.5 Å². The molecule has 2 aromatic rings. The molecule has 1 heterocycles. The van der Waals surface area contributed by atoms with Crippen molar-refractivity contribution in [2.24, 2.45) is 0 Å². The van der Waals surface area contributed by atoms with Gasteiger partial charge < -0.3 is 15.8 Å². The number of carbonyl (C=O) groups is 1. The number of anilines is 2. The van der Waals surface area contributed by atoms with Crippen LogP contribution in [0.15, 0.2) is 30.3 Å². The fourth-order valence-electron chi connectivity index (χ4n) is 2.17. The van der Waals surface area contributed by atoms with Gasteiger partial charge in [0.05, 0.1) is 12.1 Å². The Morgan fingerprint density at radius 2 is 2.10 bits per heavy atom. The lowest BCUT2D eigenvalue weighted by molar-refractivity contribution is -0.115. The molecule has 2 aromatic carbocycles. The SMILES string of the molecule is Cc1cc(Oc2cc3c(cc2N)CC(=O)N3)ccc1F. The minimum atomic E-state index is -0.286. The number of rotatable bonds is 2. The number of ether oxygens (including phenoxy) is 1. The number of hydrogen-bond donors (Lipinski definition) is 2. The van der Waals surface area contributed by atoms with Gasteiger partial charge in [-0.15, -0.1) is 0 Å². The second-order valence-corrected chi connectivity index (χ2v) is 4.79. The Hall–Kier alpha value is -2.56. The standard InChI is InChI=1S/C15H13FN2O2/c1-8-4-10(2-3-11(8)16)20-14-7-13-9(5-12(14)17)6-15(19)18-13/h2-5,7H,6,17H2,1H3,(H,18,19). The summed E-state index contributed by atoms with van der Waals surface area (Å²) in [5, 5.41) is 2.74. The zero-order valence-corrected chi connectivity index (χ0v) is 10.9. The van der Waals surface area contributed by atoms with Crippen LogP contribution in [0.2, 0.25) is 0 Å². The van der Waals surface area contributed by atoms with E-state index in [2.05, 4.69) is 5.32 Å². The van der Waals surface area contributed by atoms with Crippen LogP contribution in [0.25, 0.3) is 0 Å². The molecule has 0 bridgehead atoms. The Kier molecular flexibility index (Phi) is 2.82. The fourth-order valence-corrected chi connectivity index (χ4v) is 2.17. The van der Waals surface area contributed by atoms with Gasteiger partial charge >= 0.3 is 0 Å². The Morgan fingerprint density at radius 1 is 1.30 bits per heavy atom. The van der Waals surface area contributed by atoms with Gasteiger partial charge in [-0.3, -0.25) is 4.79 Å². The lowest BCUT2D eigenvalue weighted by Gasteiger charge is -2.11. The summed E-state index contributed by atoms with van der Waals surface area (Å²) < 4.78 is 18.9. The third-order valence-electron chi connectivity index (χ3n) is 3.22. The van der Waals surface area contributed by atoms with Gasteiger partial charge in [-0.2, -0.15) is 0 Å². The molecule has 0 fully saturated rings. The molecule has 0 aliphatic carbocycles. The summed E-state index contributed by atoms with van der Waals surface area (Å²) in [7, 11) is 0. The second kappa shape index (κ2) is 4.52. The molecule has 0 unspecified atom stereocenters. The van der Waals surface area contributed by atoms with Gasteiger partial charge in [0.2, 0.25) is 5.91 Å². The first-order chi connectivity index (χ1) is 9.52. The highest BCUT2D eigenvalue weighted by molar-refractivity contribution is 6.00. The summed E-state index contributed by atoms with van der Waals surface area (Å²) in [5.41, 5.74) is 8.42. The van der Waals surface area contributed by atoms with Crippen LogP contribution in [0.1, 0.15) is 11.1 Å². The molecule has 0 aromatic heterocycles. The highest BCUT2D eigenvalue weighted by Crippen LogP contribution is 2.35. The molecule has 0 radical (unpaired) electrons. The number of nitrogens with two attached hydrogens (primary N) is 1. The number of carbonyl (C=O) groups excluding carboxylic acids is 1. The van der Waals surface area contributed by atoms with E-state index in [1.807, 2.05) is 0 Å². The maximum atomic E-state index is 13.2. The Labute approximate surface area is 115 Å². The van der Waals surface area contributed by atoms with Crippen LogP contribution in [0.4, 0.5) is 15.8 Å². The predicted molar refractivity (Wildman–Crippen MR) is 74.4 cm³/mol. The van der Waals surface area contributed by atoms with Crippen LogP contribution in [-0.4, -0.2) is 5.91 Å². The van der Waals surface area contributed by atoms with Gasteiger partial charge in [-0.05, 0) is 42.3 Å². The average molecular weight is 272 g/mol. The summed E-state index contributed by atoms with van der Waals surface area (Å²) in [4.78, 5) is 11.3. The van der Waals surface area contributed by atoms with Crippen LogP contribution < -0.4 is 15.8 Å². The molecule has 3 rings (SSSR count). The Balaban J connectivity index is 1.93. The summed E-state index contributed by atoms with van der Waals surface area (Å²) in [6.07, 6.45) is 0.329. The molecule has 5 heteroatoms. The van der Waals surface area contributed by atoms with Gasteiger partial charge in [0, 0.05) is 11.8 Å². The molecule has 1 amide bonds. The minimum Gasteiger partial charge on any atom is -0.455 e. The molecular weight excluding hydrogens is 259 g/mol. The van der Waals surface area contributed by atoms with Gasteiger partial charge in [-0.1, -0.05) is 0 Å². The molecule has 4 nitrogen and oxygen atoms in total. The van der Waals surface area contributed by atoms with Gasteiger partial charge in [0.15, 0.2) is 5.75 Å². The molecule has 0 spiro atoms.